The van der Waals surface area contributed by atoms with Crippen LogP contribution in [-0.4, -0.2) is 48.6 Å². The molecule has 1 fully saturated rings. The molecule has 1 heterocycles. The third kappa shape index (κ3) is 34.8. The summed E-state index contributed by atoms with van der Waals surface area (Å²) in [5.74, 6) is 0.222. The van der Waals surface area contributed by atoms with Crippen LogP contribution in [0.25, 0.3) is 0 Å². The second-order valence-corrected chi connectivity index (χ2v) is 16.1. The molecule has 0 saturated carbocycles. The fourth-order valence-electron chi connectivity index (χ4n) is 6.77. The van der Waals surface area contributed by atoms with Crippen LogP contribution in [0.5, 0.6) is 0 Å². The highest BCUT2D eigenvalue weighted by molar-refractivity contribution is 5.70. The molecule has 6 nitrogen and oxygen atoms in total. The highest BCUT2D eigenvalue weighted by atomic mass is 16.6. The molecule has 3 unspecified atom stereocenters. The van der Waals surface area contributed by atoms with E-state index in [9.17, 15) is 14.7 Å². The van der Waals surface area contributed by atoms with Gasteiger partial charge in [0.2, 0.25) is 0 Å². The summed E-state index contributed by atoms with van der Waals surface area (Å²) in [5.41, 5.74) is 0. The molecule has 4 atom stereocenters. The number of hydrogen-bond donors (Lipinski definition) is 1. The number of allylic oxidation sites excluding steroid dienone is 8. The molecule has 0 aliphatic carbocycles. The minimum absolute atomic E-state index is 0.0990. The monoisotopic (exact) mass is 783 g/mol. The Hall–Kier alpha value is -2.44. The molecule has 0 aromatic carbocycles. The van der Waals surface area contributed by atoms with Gasteiger partial charge in [-0.15, -0.1) is 0 Å². The Kier molecular flexibility index (Phi) is 36.3. The van der Waals surface area contributed by atoms with E-state index in [1.165, 1.54) is 109 Å². The maximum Gasteiger partial charge on any atom is 0.306 e. The van der Waals surface area contributed by atoms with Crippen molar-refractivity contribution in [1.82, 2.24) is 0 Å². The second kappa shape index (κ2) is 39.4. The van der Waals surface area contributed by atoms with Gasteiger partial charge >= 0.3 is 11.9 Å². The van der Waals surface area contributed by atoms with Gasteiger partial charge in [-0.1, -0.05) is 204 Å². The predicted molar refractivity (Wildman–Crippen MR) is 237 cm³/mol. The zero-order valence-electron chi connectivity index (χ0n) is 36.5. The summed E-state index contributed by atoms with van der Waals surface area (Å²) < 4.78 is 16.3. The SMILES string of the molecule is CC/C=C\CC1OC1C/C=C\C/C=C\C/C=C\C/C=C\CCC(=O)O[C@@H](CO)COC(=O)CCCCCCCCCCCCCCCCCCCCC(C)CC. The van der Waals surface area contributed by atoms with Crippen molar-refractivity contribution in [3.8, 4) is 0 Å². The van der Waals surface area contributed by atoms with Gasteiger partial charge < -0.3 is 19.3 Å². The first-order chi connectivity index (χ1) is 27.5. The normalized spacial score (nSPS) is 16.9. The maximum atomic E-state index is 12.2. The number of ether oxygens (including phenoxy) is 3. The average molecular weight is 783 g/mol. The molecule has 1 aliphatic heterocycles. The summed E-state index contributed by atoms with van der Waals surface area (Å²) in [6.07, 6.45) is 54.9. The number of carbonyl (C=O) groups is 2. The van der Waals surface area contributed by atoms with Crippen LogP contribution in [0.15, 0.2) is 60.8 Å². The standard InChI is InChI=1S/C50H86O6/c1-4-6-33-39-47-48(56-47)40-35-30-26-22-18-15-16-20-24-28-32-37-42-50(53)55-46(43-51)44-54-49(52)41-36-31-27-23-19-14-12-10-8-7-9-11-13-17-21-25-29-34-38-45(3)5-2/h6,16,18,20,22,28,30,32-33,35,45-48,51H,4-5,7-15,17,19,21,23-27,29,31,34,36-44H2,1-3H3/b20-16-,22-18-,32-28-,33-6-,35-30-/t45?,46-,47?,48?/m0/s1. The maximum absolute atomic E-state index is 12.2. The van der Waals surface area contributed by atoms with Crippen LogP contribution in [0.2, 0.25) is 0 Å². The molecule has 0 aromatic rings. The van der Waals surface area contributed by atoms with Crippen molar-refractivity contribution >= 4 is 11.9 Å². The second-order valence-electron chi connectivity index (χ2n) is 16.1. The lowest BCUT2D eigenvalue weighted by atomic mass is 9.99. The van der Waals surface area contributed by atoms with Crippen LogP contribution in [0.3, 0.4) is 0 Å². The van der Waals surface area contributed by atoms with Gasteiger partial charge in [-0.05, 0) is 57.3 Å². The van der Waals surface area contributed by atoms with Crippen LogP contribution in [0, 0.1) is 5.92 Å². The minimum Gasteiger partial charge on any atom is -0.462 e. The summed E-state index contributed by atoms with van der Waals surface area (Å²) in [7, 11) is 0. The van der Waals surface area contributed by atoms with Crippen molar-refractivity contribution in [2.24, 2.45) is 5.92 Å². The first-order valence-corrected chi connectivity index (χ1v) is 23.4. The average Bonchev–Trinajstić information content (AvgIpc) is 3.96. The molecule has 1 rings (SSSR count). The van der Waals surface area contributed by atoms with Crippen LogP contribution < -0.4 is 0 Å². The zero-order valence-corrected chi connectivity index (χ0v) is 36.5. The lowest BCUT2D eigenvalue weighted by Gasteiger charge is -2.15. The van der Waals surface area contributed by atoms with Crippen molar-refractivity contribution in [3.05, 3.63) is 60.8 Å². The van der Waals surface area contributed by atoms with Gasteiger partial charge in [-0.25, -0.2) is 0 Å². The third-order valence-electron chi connectivity index (χ3n) is 10.8. The molecule has 56 heavy (non-hydrogen) atoms. The van der Waals surface area contributed by atoms with E-state index in [1.54, 1.807) is 0 Å². The first-order valence-electron chi connectivity index (χ1n) is 23.4. The van der Waals surface area contributed by atoms with Crippen molar-refractivity contribution in [1.29, 1.82) is 0 Å². The molecule has 6 heteroatoms. The molecule has 0 aromatic heterocycles. The fraction of sp³-hybridized carbons (Fsp3) is 0.760. The number of unbranched alkanes of at least 4 members (excludes halogenated alkanes) is 17. The molecule has 1 aliphatic rings. The van der Waals surface area contributed by atoms with E-state index >= 15 is 0 Å². The topological polar surface area (TPSA) is 85.4 Å². The van der Waals surface area contributed by atoms with Crippen molar-refractivity contribution in [2.75, 3.05) is 13.2 Å². The Labute approximate surface area is 345 Å². The Morgan fingerprint density at radius 1 is 0.571 bits per heavy atom. The van der Waals surface area contributed by atoms with Crippen molar-refractivity contribution in [2.45, 2.75) is 225 Å². The zero-order chi connectivity index (χ0) is 40.6. The van der Waals surface area contributed by atoms with E-state index in [1.807, 2.05) is 12.2 Å². The minimum atomic E-state index is -0.816. The molecule has 0 spiro atoms. The van der Waals surface area contributed by atoms with E-state index in [-0.39, 0.29) is 25.6 Å². The van der Waals surface area contributed by atoms with E-state index in [2.05, 4.69) is 69.4 Å². The smallest absolute Gasteiger partial charge is 0.306 e. The van der Waals surface area contributed by atoms with E-state index in [4.69, 9.17) is 14.2 Å². The Morgan fingerprint density at radius 3 is 1.50 bits per heavy atom. The number of aliphatic hydroxyl groups is 1. The number of epoxide rings is 1. The molecule has 0 amide bonds. The summed E-state index contributed by atoms with van der Waals surface area (Å²) in [4.78, 5) is 24.4. The number of rotatable bonds is 40. The Bertz CT molecular complexity index is 1060. The third-order valence-corrected chi connectivity index (χ3v) is 10.8. The highest BCUT2D eigenvalue weighted by Crippen LogP contribution is 2.29. The van der Waals surface area contributed by atoms with Crippen molar-refractivity contribution < 1.29 is 28.9 Å². The molecule has 322 valence electrons. The highest BCUT2D eigenvalue weighted by Gasteiger charge is 2.35. The summed E-state index contributed by atoms with van der Waals surface area (Å²) in [5, 5.41) is 9.59. The number of hydrogen-bond acceptors (Lipinski definition) is 6. The number of carbonyl (C=O) groups excluding carboxylic acids is 2. The van der Waals surface area contributed by atoms with E-state index in [0.29, 0.717) is 25.0 Å². The van der Waals surface area contributed by atoms with Crippen LogP contribution >= 0.6 is 0 Å². The van der Waals surface area contributed by atoms with Gasteiger partial charge in [0.15, 0.2) is 6.10 Å². The summed E-state index contributed by atoms with van der Waals surface area (Å²) >= 11 is 0. The van der Waals surface area contributed by atoms with Crippen LogP contribution in [0.1, 0.15) is 207 Å². The molecule has 0 radical (unpaired) electrons. The fourth-order valence-corrected chi connectivity index (χ4v) is 6.77. The lowest BCUT2D eigenvalue weighted by Crippen LogP contribution is -2.28. The van der Waals surface area contributed by atoms with Gasteiger partial charge in [-0.3, -0.25) is 9.59 Å². The first kappa shape index (κ1) is 51.6. The van der Waals surface area contributed by atoms with Crippen LogP contribution in [-0.2, 0) is 23.8 Å². The number of aliphatic hydroxyl groups excluding tert-OH is 1. The molecule has 1 saturated heterocycles. The van der Waals surface area contributed by atoms with E-state index < -0.39 is 12.1 Å². The molecule has 1 N–H and O–H groups in total. The molecular weight excluding hydrogens is 697 g/mol. The largest absolute Gasteiger partial charge is 0.462 e. The molecule has 0 bridgehead atoms. The number of esters is 2. The van der Waals surface area contributed by atoms with Gasteiger partial charge in [0, 0.05) is 12.8 Å². The van der Waals surface area contributed by atoms with Gasteiger partial charge in [0.05, 0.1) is 18.8 Å². The van der Waals surface area contributed by atoms with Crippen LogP contribution in [0.4, 0.5) is 0 Å². The lowest BCUT2D eigenvalue weighted by molar-refractivity contribution is -0.161. The Balaban J connectivity index is 1.88. The summed E-state index contributed by atoms with van der Waals surface area (Å²) in [6, 6.07) is 0. The van der Waals surface area contributed by atoms with Gasteiger partial charge in [-0.2, -0.15) is 0 Å². The van der Waals surface area contributed by atoms with Gasteiger partial charge in [0.1, 0.15) is 6.61 Å². The predicted octanol–water partition coefficient (Wildman–Crippen LogP) is 14.0. The quantitative estimate of drug-likeness (QED) is 0.0288. The molecular formula is C50H86O6. The van der Waals surface area contributed by atoms with Gasteiger partial charge in [0.25, 0.3) is 0 Å². The van der Waals surface area contributed by atoms with E-state index in [0.717, 1.165) is 63.7 Å². The van der Waals surface area contributed by atoms with Crippen molar-refractivity contribution in [3.63, 3.8) is 0 Å². The summed E-state index contributed by atoms with van der Waals surface area (Å²) in [6.45, 7) is 6.37. The Morgan fingerprint density at radius 2 is 1.02 bits per heavy atom.